The number of ether oxygens (including phenoxy) is 1. The Morgan fingerprint density at radius 3 is 2.27 bits per heavy atom. The number of rotatable bonds is 9. The van der Waals surface area contributed by atoms with E-state index in [1.165, 1.54) is 23.2 Å². The summed E-state index contributed by atoms with van der Waals surface area (Å²) in [6.45, 7) is 2.15. The lowest BCUT2D eigenvalue weighted by Crippen LogP contribution is -2.17. The van der Waals surface area contributed by atoms with Gasteiger partial charge in [-0.1, -0.05) is 36.4 Å². The molecule has 0 aliphatic rings. The van der Waals surface area contributed by atoms with E-state index in [9.17, 15) is 13.2 Å². The number of hydrogen-bond donors (Lipinski definition) is 2. The number of benzene rings is 3. The lowest BCUT2D eigenvalue weighted by molar-refractivity contribution is -0.137. The quantitative estimate of drug-likeness (QED) is 0.271. The largest absolute Gasteiger partial charge is 0.497 e. The first-order valence-corrected chi connectivity index (χ1v) is 11.4. The molecule has 1 aromatic heterocycles. The molecule has 0 unspecified atom stereocenters. The van der Waals surface area contributed by atoms with Crippen LogP contribution in [0.4, 0.5) is 19.0 Å². The summed E-state index contributed by atoms with van der Waals surface area (Å²) in [5.41, 5.74) is 2.82. The summed E-state index contributed by atoms with van der Waals surface area (Å²) in [5.74, 6) is 1.35. The Hall–Kier alpha value is -3.10. The minimum absolute atomic E-state index is 0.509. The van der Waals surface area contributed by atoms with Crippen LogP contribution in [-0.4, -0.2) is 24.6 Å². The minimum atomic E-state index is -4.36. The molecule has 4 rings (SSSR count). The predicted molar refractivity (Wildman–Crippen MR) is 128 cm³/mol. The Morgan fingerprint density at radius 2 is 1.61 bits per heavy atom. The number of methoxy groups -OCH3 is 1. The van der Waals surface area contributed by atoms with E-state index < -0.39 is 11.7 Å². The van der Waals surface area contributed by atoms with Gasteiger partial charge in [0.15, 0.2) is 0 Å². The average Bonchev–Trinajstić information content (AvgIpc) is 3.23. The summed E-state index contributed by atoms with van der Waals surface area (Å²) >= 11 is 1.20. The summed E-state index contributed by atoms with van der Waals surface area (Å²) in [6, 6.07) is 20.1. The molecule has 0 amide bonds. The van der Waals surface area contributed by atoms with Gasteiger partial charge in [-0.25, -0.2) is 0 Å². The van der Waals surface area contributed by atoms with Gasteiger partial charge in [-0.05, 0) is 71.5 Å². The van der Waals surface area contributed by atoms with E-state index in [1.807, 2.05) is 24.3 Å². The van der Waals surface area contributed by atoms with Crippen molar-refractivity contribution in [3.05, 3.63) is 77.9 Å². The summed E-state index contributed by atoms with van der Waals surface area (Å²) in [4.78, 5) is 0. The first-order chi connectivity index (χ1) is 15.9. The van der Waals surface area contributed by atoms with Gasteiger partial charge in [0, 0.05) is 18.5 Å². The van der Waals surface area contributed by atoms with Crippen molar-refractivity contribution < 1.29 is 17.9 Å². The van der Waals surface area contributed by atoms with Gasteiger partial charge in [-0.15, -0.1) is 0 Å². The van der Waals surface area contributed by atoms with E-state index in [2.05, 4.69) is 39.3 Å². The van der Waals surface area contributed by atoms with Gasteiger partial charge in [-0.3, -0.25) is 0 Å². The number of anilines is 1. The zero-order valence-electron chi connectivity index (χ0n) is 18.1. The second-order valence-corrected chi connectivity index (χ2v) is 8.43. The molecule has 0 atom stereocenters. The van der Waals surface area contributed by atoms with Crippen LogP contribution in [0.3, 0.4) is 0 Å². The molecule has 0 radical (unpaired) electrons. The molecule has 0 spiro atoms. The predicted octanol–water partition coefficient (Wildman–Crippen LogP) is 6.58. The van der Waals surface area contributed by atoms with Crippen LogP contribution in [-0.2, 0) is 12.7 Å². The van der Waals surface area contributed by atoms with E-state index in [-0.39, 0.29) is 0 Å². The van der Waals surface area contributed by atoms with Gasteiger partial charge in [0.05, 0.1) is 17.4 Å². The molecular formula is C25H24F3N3OS. The molecule has 172 valence electrons. The van der Waals surface area contributed by atoms with Gasteiger partial charge in [0.2, 0.25) is 0 Å². The van der Waals surface area contributed by atoms with Crippen LogP contribution in [0.15, 0.2) is 66.7 Å². The van der Waals surface area contributed by atoms with Crippen LogP contribution in [0.25, 0.3) is 21.2 Å². The van der Waals surface area contributed by atoms with Crippen molar-refractivity contribution in [2.24, 2.45) is 0 Å². The normalized spacial score (nSPS) is 11.6. The molecule has 0 saturated heterocycles. The zero-order chi connectivity index (χ0) is 23.3. The SMILES string of the molecule is COc1ccc(-c2ccc(CNCCCNc3nsc4ccc(C(F)(F)F)cc34)cc2)cc1. The molecular weight excluding hydrogens is 447 g/mol. The van der Waals surface area contributed by atoms with Crippen LogP contribution in [0.5, 0.6) is 5.75 Å². The monoisotopic (exact) mass is 471 g/mol. The molecule has 0 aliphatic carbocycles. The van der Waals surface area contributed by atoms with Crippen LogP contribution in [0.1, 0.15) is 17.5 Å². The molecule has 8 heteroatoms. The lowest BCUT2D eigenvalue weighted by atomic mass is 10.0. The van der Waals surface area contributed by atoms with Crippen LogP contribution in [0.2, 0.25) is 0 Å². The molecule has 33 heavy (non-hydrogen) atoms. The van der Waals surface area contributed by atoms with Gasteiger partial charge < -0.3 is 15.4 Å². The van der Waals surface area contributed by atoms with E-state index in [4.69, 9.17) is 4.74 Å². The van der Waals surface area contributed by atoms with Crippen molar-refractivity contribution in [1.82, 2.24) is 9.69 Å². The third-order valence-electron chi connectivity index (χ3n) is 5.33. The highest BCUT2D eigenvalue weighted by molar-refractivity contribution is 7.13. The Bertz CT molecular complexity index is 1190. The van der Waals surface area contributed by atoms with Crippen molar-refractivity contribution in [1.29, 1.82) is 0 Å². The number of nitrogens with zero attached hydrogens (tertiary/aromatic N) is 1. The number of aromatic nitrogens is 1. The molecule has 0 bridgehead atoms. The van der Waals surface area contributed by atoms with E-state index in [0.717, 1.165) is 53.2 Å². The zero-order valence-corrected chi connectivity index (χ0v) is 18.9. The second-order valence-electron chi connectivity index (χ2n) is 7.62. The Morgan fingerprint density at radius 1 is 0.909 bits per heavy atom. The fourth-order valence-electron chi connectivity index (χ4n) is 3.49. The molecule has 2 N–H and O–H groups in total. The van der Waals surface area contributed by atoms with Crippen molar-refractivity contribution in [2.45, 2.75) is 19.1 Å². The molecule has 0 fully saturated rings. The van der Waals surface area contributed by atoms with Crippen molar-refractivity contribution in [3.63, 3.8) is 0 Å². The molecule has 0 aliphatic heterocycles. The fraction of sp³-hybridized carbons (Fsp3) is 0.240. The Balaban J connectivity index is 1.22. The highest BCUT2D eigenvalue weighted by Crippen LogP contribution is 2.35. The maximum absolute atomic E-state index is 13.0. The smallest absolute Gasteiger partial charge is 0.416 e. The Kier molecular flexibility index (Phi) is 7.15. The summed E-state index contributed by atoms with van der Waals surface area (Å²) < 4.78 is 49.1. The number of halogens is 3. The van der Waals surface area contributed by atoms with Crippen molar-refractivity contribution in [3.8, 4) is 16.9 Å². The highest BCUT2D eigenvalue weighted by Gasteiger charge is 2.30. The lowest BCUT2D eigenvalue weighted by Gasteiger charge is -2.09. The fourth-order valence-corrected chi connectivity index (χ4v) is 4.23. The molecule has 0 saturated carbocycles. The van der Waals surface area contributed by atoms with Crippen molar-refractivity contribution in [2.75, 3.05) is 25.5 Å². The molecule has 3 aromatic carbocycles. The standard InChI is InChI=1S/C25H24F3N3OS/c1-32-21-10-7-19(8-11-21)18-5-3-17(4-6-18)16-29-13-2-14-30-24-22-15-20(25(26,27)28)9-12-23(22)33-31-24/h3-12,15,29H,2,13-14,16H2,1H3,(H,30,31). The highest BCUT2D eigenvalue weighted by atomic mass is 32.1. The topological polar surface area (TPSA) is 46.2 Å². The first-order valence-electron chi connectivity index (χ1n) is 10.6. The van der Waals surface area contributed by atoms with Crippen LogP contribution >= 0.6 is 11.5 Å². The van der Waals surface area contributed by atoms with Crippen LogP contribution < -0.4 is 15.4 Å². The third kappa shape index (κ3) is 5.83. The second kappa shape index (κ2) is 10.2. The number of fused-ring (bicyclic) bond motifs is 1. The summed E-state index contributed by atoms with van der Waals surface area (Å²) in [5, 5.41) is 7.07. The third-order valence-corrected chi connectivity index (χ3v) is 6.15. The van der Waals surface area contributed by atoms with Crippen LogP contribution in [0, 0.1) is 0 Å². The average molecular weight is 472 g/mol. The van der Waals surface area contributed by atoms with E-state index in [0.29, 0.717) is 17.7 Å². The molecule has 4 nitrogen and oxygen atoms in total. The van der Waals surface area contributed by atoms with Gasteiger partial charge >= 0.3 is 6.18 Å². The Labute approximate surface area is 194 Å². The minimum Gasteiger partial charge on any atom is -0.497 e. The number of nitrogens with one attached hydrogen (secondary N) is 2. The molecule has 1 heterocycles. The van der Waals surface area contributed by atoms with E-state index in [1.54, 1.807) is 7.11 Å². The number of hydrogen-bond acceptors (Lipinski definition) is 5. The van der Waals surface area contributed by atoms with Gasteiger partial charge in [-0.2, -0.15) is 17.5 Å². The van der Waals surface area contributed by atoms with Gasteiger partial charge in [0.1, 0.15) is 11.6 Å². The summed E-state index contributed by atoms with van der Waals surface area (Å²) in [7, 11) is 1.65. The maximum atomic E-state index is 13.0. The van der Waals surface area contributed by atoms with E-state index >= 15 is 0 Å². The first kappa shape index (κ1) is 23.1. The van der Waals surface area contributed by atoms with Gasteiger partial charge in [0.25, 0.3) is 0 Å². The summed E-state index contributed by atoms with van der Waals surface area (Å²) in [6.07, 6.45) is -3.54. The number of alkyl halides is 3. The molecule has 4 aromatic rings. The maximum Gasteiger partial charge on any atom is 0.416 e. The van der Waals surface area contributed by atoms with Crippen molar-refractivity contribution >= 4 is 27.4 Å².